The van der Waals surface area contributed by atoms with Gasteiger partial charge in [0.05, 0.1) is 5.69 Å². The maximum atomic E-state index is 13.7. The van der Waals surface area contributed by atoms with E-state index in [1.54, 1.807) is 12.3 Å². The maximum Gasteiger partial charge on any atom is 0.328 e. The Morgan fingerprint density at radius 2 is 1.89 bits per heavy atom. The maximum absolute atomic E-state index is 13.7. The van der Waals surface area contributed by atoms with Gasteiger partial charge in [0, 0.05) is 23.7 Å². The number of aryl methyl sites for hydroxylation is 3. The molecule has 7 nitrogen and oxygen atoms in total. The van der Waals surface area contributed by atoms with Gasteiger partial charge < -0.3 is 9.84 Å². The Labute approximate surface area is 216 Å². The zero-order valence-corrected chi connectivity index (χ0v) is 22.2. The van der Waals surface area contributed by atoms with Gasteiger partial charge in [-0.2, -0.15) is 8.42 Å². The Morgan fingerprint density at radius 3 is 2.50 bits per heavy atom. The minimum atomic E-state index is -3.87. The number of carboxylic acids is 1. The van der Waals surface area contributed by atoms with Crippen molar-refractivity contribution in [3.05, 3.63) is 75.8 Å². The number of hydrogen-bond donors (Lipinski definition) is 1. The average Bonchev–Trinajstić information content (AvgIpc) is 3.48. The Hall–Kier alpha value is -3.17. The molecule has 0 saturated heterocycles. The first-order valence-electron chi connectivity index (χ1n) is 11.9. The van der Waals surface area contributed by atoms with Gasteiger partial charge in [-0.3, -0.25) is 4.31 Å². The fraction of sp³-hybridized carbons (Fsp3) is 0.333. The Bertz CT molecular complexity index is 1380. The van der Waals surface area contributed by atoms with Crippen LogP contribution in [0.5, 0.6) is 5.75 Å². The molecule has 9 heteroatoms. The first-order valence-corrected chi connectivity index (χ1v) is 14.2. The van der Waals surface area contributed by atoms with Crippen LogP contribution in [0.15, 0.2) is 52.2 Å². The first-order chi connectivity index (χ1) is 17.1. The lowest BCUT2D eigenvalue weighted by atomic mass is 10.1. The van der Waals surface area contributed by atoms with E-state index in [1.165, 1.54) is 15.9 Å². The molecule has 1 aromatic heterocycles. The van der Waals surface area contributed by atoms with Crippen molar-refractivity contribution < 1.29 is 23.1 Å². The van der Waals surface area contributed by atoms with Gasteiger partial charge in [-0.05, 0) is 72.6 Å². The fourth-order valence-corrected chi connectivity index (χ4v) is 6.92. The standard InChI is InChI=1S/C27H30N2O5S2/c1-18(2)15-29(36(32,33)27-28-19(3)17-35-27)24-13-22-5-4-6-23(22)14-25(24)34-16-21-9-7-20(8-10-21)11-12-26(30)31/h7-14,17-18H,4-6,15-16H2,1-3H3,(H,30,31). The van der Waals surface area contributed by atoms with E-state index in [4.69, 9.17) is 9.84 Å². The number of anilines is 1. The fourth-order valence-electron chi connectivity index (χ4n) is 4.16. The highest BCUT2D eigenvalue weighted by Gasteiger charge is 2.32. The number of hydrogen-bond acceptors (Lipinski definition) is 6. The van der Waals surface area contributed by atoms with E-state index in [0.29, 0.717) is 23.7 Å². The molecule has 2 aromatic carbocycles. The molecule has 36 heavy (non-hydrogen) atoms. The number of carboxylic acid groups (broad SMARTS) is 1. The van der Waals surface area contributed by atoms with Crippen molar-refractivity contribution >= 4 is 39.1 Å². The molecule has 0 fully saturated rings. The Morgan fingerprint density at radius 1 is 1.19 bits per heavy atom. The number of thiazole rings is 1. The van der Waals surface area contributed by atoms with Gasteiger partial charge in [-0.15, -0.1) is 11.3 Å². The molecular weight excluding hydrogens is 496 g/mol. The lowest BCUT2D eigenvalue weighted by molar-refractivity contribution is -0.131. The third kappa shape index (κ3) is 5.96. The summed E-state index contributed by atoms with van der Waals surface area (Å²) in [6.07, 6.45) is 5.52. The molecule has 3 aromatic rings. The predicted molar refractivity (Wildman–Crippen MR) is 142 cm³/mol. The molecular formula is C27H30N2O5S2. The predicted octanol–water partition coefficient (Wildman–Crippen LogP) is 5.47. The van der Waals surface area contributed by atoms with Gasteiger partial charge in [0.2, 0.25) is 4.34 Å². The summed E-state index contributed by atoms with van der Waals surface area (Å²) in [5.41, 5.74) is 5.23. The summed E-state index contributed by atoms with van der Waals surface area (Å²) in [5, 5.41) is 10.6. The molecule has 0 amide bonds. The van der Waals surface area contributed by atoms with Crippen LogP contribution in [0, 0.1) is 12.8 Å². The molecule has 1 aliphatic carbocycles. The number of aliphatic carboxylic acids is 1. The van der Waals surface area contributed by atoms with E-state index in [9.17, 15) is 13.2 Å². The number of carbonyl (C=O) groups is 1. The second-order valence-corrected chi connectivity index (χ2v) is 12.2. The third-order valence-corrected chi connectivity index (χ3v) is 9.01. The zero-order valence-electron chi connectivity index (χ0n) is 20.6. The molecule has 1 heterocycles. The summed E-state index contributed by atoms with van der Waals surface area (Å²) < 4.78 is 35.2. The highest BCUT2D eigenvalue weighted by atomic mass is 32.2. The van der Waals surface area contributed by atoms with Crippen LogP contribution in [0.2, 0.25) is 0 Å². The van der Waals surface area contributed by atoms with E-state index in [1.807, 2.05) is 50.2 Å². The molecule has 0 atom stereocenters. The van der Waals surface area contributed by atoms with E-state index in [-0.39, 0.29) is 16.9 Å². The number of nitrogens with zero attached hydrogens (tertiary/aromatic N) is 2. The summed E-state index contributed by atoms with van der Waals surface area (Å²) in [7, 11) is -3.87. The van der Waals surface area contributed by atoms with Crippen LogP contribution < -0.4 is 9.04 Å². The number of ether oxygens (including phenoxy) is 1. The van der Waals surface area contributed by atoms with Gasteiger partial charge in [0.25, 0.3) is 10.0 Å². The van der Waals surface area contributed by atoms with Gasteiger partial charge in [0.15, 0.2) is 0 Å². The van der Waals surface area contributed by atoms with Crippen molar-refractivity contribution in [1.82, 2.24) is 4.98 Å². The monoisotopic (exact) mass is 526 g/mol. The summed E-state index contributed by atoms with van der Waals surface area (Å²) in [6.45, 7) is 6.32. The Kier molecular flexibility index (Phi) is 7.80. The van der Waals surface area contributed by atoms with Crippen molar-refractivity contribution in [2.75, 3.05) is 10.8 Å². The molecule has 0 saturated carbocycles. The highest BCUT2D eigenvalue weighted by molar-refractivity contribution is 7.94. The Balaban J connectivity index is 1.68. The lowest BCUT2D eigenvalue weighted by Gasteiger charge is -2.28. The molecule has 0 aliphatic heterocycles. The van der Waals surface area contributed by atoms with E-state index in [2.05, 4.69) is 4.98 Å². The van der Waals surface area contributed by atoms with Crippen LogP contribution in [0.4, 0.5) is 5.69 Å². The van der Waals surface area contributed by atoms with Crippen LogP contribution in [0.3, 0.4) is 0 Å². The van der Waals surface area contributed by atoms with Crippen LogP contribution in [-0.4, -0.2) is 31.0 Å². The molecule has 190 valence electrons. The molecule has 1 N–H and O–H groups in total. The number of sulfonamides is 1. The smallest absolute Gasteiger partial charge is 0.328 e. The largest absolute Gasteiger partial charge is 0.487 e. The summed E-state index contributed by atoms with van der Waals surface area (Å²) >= 11 is 1.13. The SMILES string of the molecule is Cc1csc(S(=O)(=O)N(CC(C)C)c2cc3c(cc2OCc2ccc(C=CC(=O)O)cc2)CCC3)n1. The molecule has 1 aliphatic rings. The van der Waals surface area contributed by atoms with Crippen molar-refractivity contribution in [2.24, 2.45) is 5.92 Å². The van der Waals surface area contributed by atoms with Gasteiger partial charge in [-0.25, -0.2) is 9.78 Å². The number of rotatable bonds is 10. The lowest BCUT2D eigenvalue weighted by Crippen LogP contribution is -2.34. The summed E-state index contributed by atoms with van der Waals surface area (Å²) in [5.74, 6) is -0.378. The van der Waals surface area contributed by atoms with Gasteiger partial charge in [-0.1, -0.05) is 38.1 Å². The molecule has 0 unspecified atom stereocenters. The van der Waals surface area contributed by atoms with Crippen molar-refractivity contribution in [3.63, 3.8) is 0 Å². The second kappa shape index (κ2) is 10.8. The van der Waals surface area contributed by atoms with Crippen molar-refractivity contribution in [2.45, 2.75) is 51.0 Å². The van der Waals surface area contributed by atoms with E-state index >= 15 is 0 Å². The normalized spacial score (nSPS) is 13.3. The quantitative estimate of drug-likeness (QED) is 0.352. The number of aromatic nitrogens is 1. The summed E-state index contributed by atoms with van der Waals surface area (Å²) in [4.78, 5) is 15.0. The topological polar surface area (TPSA) is 96.8 Å². The number of fused-ring (bicyclic) bond motifs is 1. The van der Waals surface area contributed by atoms with E-state index < -0.39 is 16.0 Å². The molecule has 0 spiro atoms. The second-order valence-electron chi connectivity index (χ2n) is 9.33. The van der Waals surface area contributed by atoms with Crippen LogP contribution >= 0.6 is 11.3 Å². The minimum absolute atomic E-state index is 0.0807. The first kappa shape index (κ1) is 25.9. The van der Waals surface area contributed by atoms with Gasteiger partial charge >= 0.3 is 5.97 Å². The van der Waals surface area contributed by atoms with Crippen LogP contribution in [0.25, 0.3) is 6.08 Å². The number of benzene rings is 2. The van der Waals surface area contributed by atoms with Gasteiger partial charge in [0.1, 0.15) is 12.4 Å². The van der Waals surface area contributed by atoms with Crippen LogP contribution in [-0.2, 0) is 34.3 Å². The molecule has 0 radical (unpaired) electrons. The zero-order chi connectivity index (χ0) is 25.9. The van der Waals surface area contributed by atoms with Crippen molar-refractivity contribution in [3.8, 4) is 5.75 Å². The van der Waals surface area contributed by atoms with Crippen LogP contribution in [0.1, 0.15) is 48.2 Å². The molecule has 4 rings (SSSR count). The highest BCUT2D eigenvalue weighted by Crippen LogP contribution is 2.39. The minimum Gasteiger partial charge on any atom is -0.487 e. The third-order valence-electron chi connectivity index (χ3n) is 5.87. The summed E-state index contributed by atoms with van der Waals surface area (Å²) in [6, 6.07) is 11.3. The molecule has 0 bridgehead atoms. The average molecular weight is 527 g/mol. The van der Waals surface area contributed by atoms with E-state index in [0.717, 1.165) is 53.4 Å². The van der Waals surface area contributed by atoms with Crippen molar-refractivity contribution in [1.29, 1.82) is 0 Å².